The average molecular weight is 422 g/mol. The van der Waals surface area contributed by atoms with Gasteiger partial charge in [0.2, 0.25) is 5.91 Å². The van der Waals surface area contributed by atoms with E-state index in [9.17, 15) is 14.0 Å². The average Bonchev–Trinajstić information content (AvgIpc) is 3.22. The predicted octanol–water partition coefficient (Wildman–Crippen LogP) is 3.98. The number of halogens is 1. The van der Waals surface area contributed by atoms with Crippen molar-refractivity contribution in [3.8, 4) is 11.5 Å². The smallest absolute Gasteiger partial charge is 0.272 e. The zero-order valence-electron chi connectivity index (χ0n) is 17.1. The van der Waals surface area contributed by atoms with Crippen LogP contribution in [0.2, 0.25) is 0 Å². The van der Waals surface area contributed by atoms with Crippen molar-refractivity contribution in [1.82, 2.24) is 14.7 Å². The molecule has 1 saturated heterocycles. The van der Waals surface area contributed by atoms with E-state index in [1.807, 2.05) is 0 Å². The third-order valence-electron chi connectivity index (χ3n) is 5.29. The molecule has 1 N–H and O–H groups in total. The van der Waals surface area contributed by atoms with Crippen molar-refractivity contribution < 1.29 is 18.7 Å². The molecule has 0 aliphatic carbocycles. The van der Waals surface area contributed by atoms with Gasteiger partial charge < -0.3 is 15.0 Å². The zero-order valence-corrected chi connectivity index (χ0v) is 17.1. The third-order valence-corrected chi connectivity index (χ3v) is 5.29. The van der Waals surface area contributed by atoms with Gasteiger partial charge in [0.05, 0.1) is 0 Å². The number of carbonyl (C=O) groups is 2. The quantitative estimate of drug-likeness (QED) is 0.675. The number of ether oxygens (including phenoxy) is 1. The van der Waals surface area contributed by atoms with Gasteiger partial charge in [0.1, 0.15) is 17.5 Å². The largest absolute Gasteiger partial charge is 0.454 e. The summed E-state index contributed by atoms with van der Waals surface area (Å²) in [7, 11) is 1.71. The first kappa shape index (κ1) is 20.6. The molecular formula is C23H23FN4O3. The fourth-order valence-electron chi connectivity index (χ4n) is 3.66. The lowest BCUT2D eigenvalue weighted by atomic mass is 10.0. The van der Waals surface area contributed by atoms with E-state index in [0.29, 0.717) is 30.1 Å². The summed E-state index contributed by atoms with van der Waals surface area (Å²) in [5.41, 5.74) is 1.03. The van der Waals surface area contributed by atoms with Crippen molar-refractivity contribution in [2.24, 2.45) is 7.05 Å². The molecular weight excluding hydrogens is 399 g/mol. The Labute approximate surface area is 179 Å². The van der Waals surface area contributed by atoms with Crippen LogP contribution in [0.3, 0.4) is 0 Å². The standard InChI is InChI=1S/C23H23FN4O3/c1-27-20(13-14-25-27)23(30)28-15-5-4-7-19(28)22(29)26-16-9-11-17(12-10-16)31-21-8-3-2-6-18(21)24/h2-3,6,8-14,19H,4-5,7,15H2,1H3,(H,26,29)/t19-/m1/s1. The van der Waals surface area contributed by atoms with Crippen LogP contribution in [-0.2, 0) is 11.8 Å². The molecule has 2 heterocycles. The molecule has 1 atom stereocenters. The Balaban J connectivity index is 1.43. The Kier molecular flexibility index (Phi) is 5.97. The van der Waals surface area contributed by atoms with Gasteiger partial charge in [-0.25, -0.2) is 4.39 Å². The number of nitrogens with one attached hydrogen (secondary N) is 1. The van der Waals surface area contributed by atoms with Gasteiger partial charge in [-0.3, -0.25) is 14.3 Å². The fourth-order valence-corrected chi connectivity index (χ4v) is 3.66. The summed E-state index contributed by atoms with van der Waals surface area (Å²) in [4.78, 5) is 27.5. The molecule has 2 aromatic carbocycles. The minimum atomic E-state index is -0.550. The Morgan fingerprint density at radius 2 is 1.87 bits per heavy atom. The first-order valence-electron chi connectivity index (χ1n) is 10.2. The van der Waals surface area contributed by atoms with Crippen molar-refractivity contribution in [1.29, 1.82) is 0 Å². The van der Waals surface area contributed by atoms with Crippen LogP contribution in [0.25, 0.3) is 0 Å². The highest BCUT2D eigenvalue weighted by Gasteiger charge is 2.33. The molecule has 2 amide bonds. The molecule has 160 valence electrons. The molecule has 1 fully saturated rings. The van der Waals surface area contributed by atoms with Crippen molar-refractivity contribution in [3.63, 3.8) is 0 Å². The van der Waals surface area contributed by atoms with E-state index < -0.39 is 11.9 Å². The second kappa shape index (κ2) is 8.99. The second-order valence-corrected chi connectivity index (χ2v) is 7.40. The number of para-hydroxylation sites is 1. The number of benzene rings is 2. The summed E-state index contributed by atoms with van der Waals surface area (Å²) in [5.74, 6) is -0.304. The number of aromatic nitrogens is 2. The van der Waals surface area contributed by atoms with Crippen LogP contribution in [0.5, 0.6) is 11.5 Å². The van der Waals surface area contributed by atoms with E-state index in [1.54, 1.807) is 66.7 Å². The minimum Gasteiger partial charge on any atom is -0.454 e. The monoisotopic (exact) mass is 422 g/mol. The van der Waals surface area contributed by atoms with Crippen LogP contribution in [0.1, 0.15) is 29.8 Å². The summed E-state index contributed by atoms with van der Waals surface area (Å²) >= 11 is 0. The van der Waals surface area contributed by atoms with Gasteiger partial charge in [0, 0.05) is 25.5 Å². The molecule has 0 bridgehead atoms. The number of likely N-dealkylation sites (tertiary alicyclic amines) is 1. The van der Waals surface area contributed by atoms with Crippen molar-refractivity contribution in [2.45, 2.75) is 25.3 Å². The highest BCUT2D eigenvalue weighted by molar-refractivity contribution is 6.00. The molecule has 3 aromatic rings. The molecule has 0 unspecified atom stereocenters. The van der Waals surface area contributed by atoms with Gasteiger partial charge in [-0.1, -0.05) is 12.1 Å². The van der Waals surface area contributed by atoms with Gasteiger partial charge >= 0.3 is 0 Å². The van der Waals surface area contributed by atoms with Gasteiger partial charge in [-0.2, -0.15) is 5.10 Å². The molecule has 8 heteroatoms. The molecule has 0 spiro atoms. The van der Waals surface area contributed by atoms with Crippen molar-refractivity contribution in [2.75, 3.05) is 11.9 Å². The number of piperidine rings is 1. The van der Waals surface area contributed by atoms with E-state index >= 15 is 0 Å². The maximum Gasteiger partial charge on any atom is 0.272 e. The molecule has 0 saturated carbocycles. The SMILES string of the molecule is Cn1nccc1C(=O)N1CCCC[C@@H]1C(=O)Nc1ccc(Oc2ccccc2F)cc1. The number of aryl methyl sites for hydroxylation is 1. The van der Waals surface area contributed by atoms with Crippen molar-refractivity contribution >= 4 is 17.5 Å². The maximum absolute atomic E-state index is 13.7. The summed E-state index contributed by atoms with van der Waals surface area (Å²) in [5, 5.41) is 6.92. The molecule has 31 heavy (non-hydrogen) atoms. The summed E-state index contributed by atoms with van der Waals surface area (Å²) in [6, 6.07) is 13.9. The lowest BCUT2D eigenvalue weighted by Gasteiger charge is -2.34. The number of anilines is 1. The highest BCUT2D eigenvalue weighted by atomic mass is 19.1. The summed E-state index contributed by atoms with van der Waals surface area (Å²) in [6.07, 6.45) is 3.90. The lowest BCUT2D eigenvalue weighted by Crippen LogP contribution is -2.50. The fraction of sp³-hybridized carbons (Fsp3) is 0.261. The van der Waals surface area contributed by atoms with Crippen LogP contribution in [0.4, 0.5) is 10.1 Å². The van der Waals surface area contributed by atoms with E-state index in [0.717, 1.165) is 12.8 Å². The number of rotatable bonds is 5. The molecule has 0 radical (unpaired) electrons. The highest BCUT2D eigenvalue weighted by Crippen LogP contribution is 2.26. The molecule has 1 aliphatic heterocycles. The van der Waals surface area contributed by atoms with E-state index in [4.69, 9.17) is 4.74 Å². The minimum absolute atomic E-state index is 0.130. The Morgan fingerprint density at radius 3 is 2.58 bits per heavy atom. The van der Waals surface area contributed by atoms with Crippen molar-refractivity contribution in [3.05, 3.63) is 72.3 Å². The van der Waals surface area contributed by atoms with Crippen LogP contribution in [-0.4, -0.2) is 39.1 Å². The van der Waals surface area contributed by atoms with Crippen LogP contribution >= 0.6 is 0 Å². The van der Waals surface area contributed by atoms with Gasteiger partial charge in [-0.05, 0) is 61.7 Å². The Bertz CT molecular complexity index is 1080. The summed E-state index contributed by atoms with van der Waals surface area (Å²) in [6.45, 7) is 0.525. The Morgan fingerprint density at radius 1 is 1.10 bits per heavy atom. The van der Waals surface area contributed by atoms with Gasteiger partial charge in [0.15, 0.2) is 11.6 Å². The number of amides is 2. The maximum atomic E-state index is 13.7. The zero-order chi connectivity index (χ0) is 21.8. The number of carbonyl (C=O) groups excluding carboxylic acids is 2. The van der Waals surface area contributed by atoms with Gasteiger partial charge in [-0.15, -0.1) is 0 Å². The second-order valence-electron chi connectivity index (χ2n) is 7.40. The lowest BCUT2D eigenvalue weighted by molar-refractivity contribution is -0.121. The molecule has 1 aromatic heterocycles. The van der Waals surface area contributed by atoms with Crippen LogP contribution in [0.15, 0.2) is 60.8 Å². The Hall–Kier alpha value is -3.68. The first-order valence-corrected chi connectivity index (χ1v) is 10.2. The van der Waals surface area contributed by atoms with Crippen LogP contribution in [0, 0.1) is 5.82 Å². The van der Waals surface area contributed by atoms with E-state index in [2.05, 4.69) is 10.4 Å². The summed E-state index contributed by atoms with van der Waals surface area (Å²) < 4.78 is 20.8. The van der Waals surface area contributed by atoms with Crippen LogP contribution < -0.4 is 10.1 Å². The third kappa shape index (κ3) is 4.58. The molecule has 7 nitrogen and oxygen atoms in total. The topological polar surface area (TPSA) is 76.5 Å². The number of nitrogens with zero attached hydrogens (tertiary/aromatic N) is 3. The van der Waals surface area contributed by atoms with E-state index in [1.165, 1.54) is 10.7 Å². The first-order chi connectivity index (χ1) is 15.0. The molecule has 1 aliphatic rings. The van der Waals surface area contributed by atoms with Gasteiger partial charge in [0.25, 0.3) is 5.91 Å². The number of hydrogen-bond acceptors (Lipinski definition) is 4. The number of hydrogen-bond donors (Lipinski definition) is 1. The normalized spacial score (nSPS) is 16.1. The predicted molar refractivity (Wildman–Crippen MR) is 113 cm³/mol. The van der Waals surface area contributed by atoms with E-state index in [-0.39, 0.29) is 17.6 Å². The molecule has 4 rings (SSSR count).